The summed E-state index contributed by atoms with van der Waals surface area (Å²) in [6, 6.07) is 18.2. The van der Waals surface area contributed by atoms with E-state index in [4.69, 9.17) is 21.2 Å². The molecule has 0 fully saturated rings. The predicted molar refractivity (Wildman–Crippen MR) is 170 cm³/mol. The Morgan fingerprint density at radius 2 is 1.60 bits per heavy atom. The minimum atomic E-state index is -0.636. The van der Waals surface area contributed by atoms with Crippen molar-refractivity contribution < 1.29 is 24.0 Å². The van der Waals surface area contributed by atoms with Crippen LogP contribution in [0.2, 0.25) is 5.02 Å². The van der Waals surface area contributed by atoms with Crippen molar-refractivity contribution in [2.45, 2.75) is 40.7 Å². The molecule has 2 unspecified atom stereocenters. The Morgan fingerprint density at radius 1 is 0.930 bits per heavy atom. The van der Waals surface area contributed by atoms with E-state index in [1.54, 1.807) is 30.3 Å². The standard InChI is InChI=1S/C35H33ClN2O5/c1-5-38-31-14-12-25(34(40)24-11-10-21(2)22(3)18-24)19-27(31)28-20-26(13-15-32(28)38)35(41)30(37-43-23(4)39)16-17-42-33-9-7-6-8-29(33)36/h6-15,18-22H,5,16-17H2,1-4H3/b37-30+. The van der Waals surface area contributed by atoms with Gasteiger partial charge in [0.05, 0.1) is 11.6 Å². The Labute approximate surface area is 255 Å². The van der Waals surface area contributed by atoms with Crippen molar-refractivity contribution >= 4 is 56.7 Å². The SMILES string of the molecule is CCn1c2ccc(C(=O)C3=CC(C)C(C)C=C3)cc2c2cc(C(=O)/C(CCOc3ccccc3Cl)=N/OC(C)=O)ccc21. The fourth-order valence-corrected chi connectivity index (χ4v) is 5.46. The highest BCUT2D eigenvalue weighted by atomic mass is 35.5. The summed E-state index contributed by atoms with van der Waals surface area (Å²) in [6.45, 7) is 8.33. The number of nitrogens with zero attached hydrogens (tertiary/aromatic N) is 2. The van der Waals surface area contributed by atoms with Gasteiger partial charge in [0.2, 0.25) is 5.78 Å². The number of benzene rings is 3. The van der Waals surface area contributed by atoms with Gasteiger partial charge in [-0.15, -0.1) is 0 Å². The van der Waals surface area contributed by atoms with E-state index in [2.05, 4.69) is 36.6 Å². The molecule has 1 aliphatic rings. The zero-order chi connectivity index (χ0) is 30.7. The number of fused-ring (bicyclic) bond motifs is 3. The molecule has 220 valence electrons. The van der Waals surface area contributed by atoms with Crippen molar-refractivity contribution in [3.63, 3.8) is 0 Å². The molecule has 0 bridgehead atoms. The zero-order valence-electron chi connectivity index (χ0n) is 24.6. The molecule has 5 rings (SSSR count). The van der Waals surface area contributed by atoms with Crippen LogP contribution in [-0.2, 0) is 16.2 Å². The fraction of sp³-hybridized carbons (Fsp3) is 0.257. The number of ether oxygens (including phenoxy) is 1. The van der Waals surface area contributed by atoms with Crippen molar-refractivity contribution in [2.24, 2.45) is 17.0 Å². The fourth-order valence-electron chi connectivity index (χ4n) is 5.27. The molecule has 4 aromatic rings. The molecule has 0 aliphatic heterocycles. The number of aromatic nitrogens is 1. The van der Waals surface area contributed by atoms with Gasteiger partial charge in [-0.3, -0.25) is 9.59 Å². The highest BCUT2D eigenvalue weighted by molar-refractivity contribution is 6.46. The van der Waals surface area contributed by atoms with Crippen molar-refractivity contribution in [3.8, 4) is 5.75 Å². The summed E-state index contributed by atoms with van der Waals surface area (Å²) in [7, 11) is 0. The molecule has 8 heteroatoms. The van der Waals surface area contributed by atoms with E-state index in [1.165, 1.54) is 6.92 Å². The number of carbonyl (C=O) groups excluding carboxylic acids is 3. The van der Waals surface area contributed by atoms with E-state index in [9.17, 15) is 14.4 Å². The number of carbonyl (C=O) groups is 3. The van der Waals surface area contributed by atoms with E-state index >= 15 is 0 Å². The topological polar surface area (TPSA) is 87.0 Å². The smallest absolute Gasteiger partial charge is 0.331 e. The summed E-state index contributed by atoms with van der Waals surface area (Å²) in [5.41, 5.74) is 3.60. The van der Waals surface area contributed by atoms with Gasteiger partial charge < -0.3 is 14.1 Å². The molecule has 0 N–H and O–H groups in total. The van der Waals surface area contributed by atoms with Crippen LogP contribution in [-0.4, -0.2) is 34.4 Å². The zero-order valence-corrected chi connectivity index (χ0v) is 25.4. The number of rotatable bonds is 10. The highest BCUT2D eigenvalue weighted by Gasteiger charge is 2.21. The quantitative estimate of drug-likeness (QED) is 0.0801. The van der Waals surface area contributed by atoms with Gasteiger partial charge in [-0.05, 0) is 67.3 Å². The van der Waals surface area contributed by atoms with Crippen LogP contribution in [0.1, 0.15) is 54.8 Å². The molecule has 1 aromatic heterocycles. The summed E-state index contributed by atoms with van der Waals surface area (Å²) >= 11 is 6.18. The normalized spacial score (nSPS) is 16.8. The monoisotopic (exact) mass is 596 g/mol. The molecule has 0 saturated heterocycles. The Bertz CT molecular complexity index is 1830. The molecular weight excluding hydrogens is 564 g/mol. The van der Waals surface area contributed by atoms with Crippen LogP contribution in [0.25, 0.3) is 21.8 Å². The summed E-state index contributed by atoms with van der Waals surface area (Å²) in [4.78, 5) is 43.5. The maximum atomic E-state index is 13.7. The van der Waals surface area contributed by atoms with Gasteiger partial charge >= 0.3 is 5.97 Å². The lowest BCUT2D eigenvalue weighted by Crippen LogP contribution is -2.19. The summed E-state index contributed by atoms with van der Waals surface area (Å²) in [6.07, 6.45) is 6.10. The second-order valence-electron chi connectivity index (χ2n) is 10.7. The van der Waals surface area contributed by atoms with Crippen LogP contribution in [0.15, 0.2) is 89.6 Å². The third-order valence-corrected chi connectivity index (χ3v) is 8.11. The number of aryl methyl sites for hydroxylation is 1. The van der Waals surface area contributed by atoms with Gasteiger partial charge in [0.15, 0.2) is 5.78 Å². The molecule has 3 aromatic carbocycles. The number of Topliss-reactive ketones (excluding diaryl/α,β-unsaturated/α-hetero) is 2. The number of halogens is 1. The number of oxime groups is 1. The number of allylic oxidation sites excluding steroid dienone is 4. The van der Waals surface area contributed by atoms with E-state index in [-0.39, 0.29) is 30.4 Å². The second kappa shape index (κ2) is 12.8. The van der Waals surface area contributed by atoms with Gasteiger partial charge in [-0.2, -0.15) is 0 Å². The molecule has 0 saturated carbocycles. The Morgan fingerprint density at radius 3 is 2.26 bits per heavy atom. The third kappa shape index (κ3) is 6.32. The largest absolute Gasteiger partial charge is 0.492 e. The first kappa shape index (κ1) is 30.0. The molecule has 1 aliphatic carbocycles. The molecule has 1 heterocycles. The Hall–Kier alpha value is -4.49. The molecular formula is C35H33ClN2O5. The van der Waals surface area contributed by atoms with Gasteiger partial charge in [0.25, 0.3) is 0 Å². The van der Waals surface area contributed by atoms with Crippen molar-refractivity contribution in [3.05, 3.63) is 101 Å². The number of ketones is 2. The van der Waals surface area contributed by atoms with Crippen molar-refractivity contribution in [2.75, 3.05) is 6.61 Å². The molecule has 0 spiro atoms. The first-order valence-corrected chi connectivity index (χ1v) is 14.7. The average Bonchev–Trinajstić information content (AvgIpc) is 3.32. The summed E-state index contributed by atoms with van der Waals surface area (Å²) in [5, 5.41) is 6.02. The molecule has 0 amide bonds. The van der Waals surface area contributed by atoms with E-state index in [0.717, 1.165) is 21.8 Å². The van der Waals surface area contributed by atoms with Crippen LogP contribution in [0.3, 0.4) is 0 Å². The average molecular weight is 597 g/mol. The lowest BCUT2D eigenvalue weighted by molar-refractivity contribution is -0.140. The van der Waals surface area contributed by atoms with Gasteiger partial charge in [-0.1, -0.05) is 61.0 Å². The maximum Gasteiger partial charge on any atom is 0.331 e. The number of para-hydroxylation sites is 1. The molecule has 7 nitrogen and oxygen atoms in total. The van der Waals surface area contributed by atoms with Crippen LogP contribution >= 0.6 is 11.6 Å². The maximum absolute atomic E-state index is 13.7. The van der Waals surface area contributed by atoms with E-state index in [1.807, 2.05) is 42.5 Å². The first-order valence-electron chi connectivity index (χ1n) is 14.3. The van der Waals surface area contributed by atoms with Crippen LogP contribution < -0.4 is 4.74 Å². The van der Waals surface area contributed by atoms with Crippen LogP contribution in [0.5, 0.6) is 5.75 Å². The number of hydrogen-bond acceptors (Lipinski definition) is 6. The molecule has 2 atom stereocenters. The predicted octanol–water partition coefficient (Wildman–Crippen LogP) is 7.99. The third-order valence-electron chi connectivity index (χ3n) is 7.80. The van der Waals surface area contributed by atoms with E-state index in [0.29, 0.717) is 39.9 Å². The lowest BCUT2D eigenvalue weighted by atomic mass is 9.86. The number of hydrogen-bond donors (Lipinski definition) is 0. The second-order valence-corrected chi connectivity index (χ2v) is 11.1. The first-order chi connectivity index (χ1) is 20.7. The van der Waals surface area contributed by atoms with Crippen LogP contribution in [0, 0.1) is 11.8 Å². The van der Waals surface area contributed by atoms with Gasteiger partial charge in [-0.25, -0.2) is 4.79 Å². The van der Waals surface area contributed by atoms with Gasteiger partial charge in [0, 0.05) is 58.4 Å². The summed E-state index contributed by atoms with van der Waals surface area (Å²) in [5.74, 6) is 0.0801. The molecule has 0 radical (unpaired) electrons. The molecule has 43 heavy (non-hydrogen) atoms. The van der Waals surface area contributed by atoms with Crippen molar-refractivity contribution in [1.29, 1.82) is 0 Å². The van der Waals surface area contributed by atoms with Crippen LogP contribution in [0.4, 0.5) is 0 Å². The summed E-state index contributed by atoms with van der Waals surface area (Å²) < 4.78 is 7.91. The van der Waals surface area contributed by atoms with E-state index < -0.39 is 11.8 Å². The minimum absolute atomic E-state index is 0.0316. The lowest BCUT2D eigenvalue weighted by Gasteiger charge is -2.18. The minimum Gasteiger partial charge on any atom is -0.492 e. The van der Waals surface area contributed by atoms with Crippen molar-refractivity contribution in [1.82, 2.24) is 4.57 Å². The Balaban J connectivity index is 1.49. The van der Waals surface area contributed by atoms with Gasteiger partial charge in [0.1, 0.15) is 11.5 Å². The highest BCUT2D eigenvalue weighted by Crippen LogP contribution is 2.32. The Kier molecular flexibility index (Phi) is 8.92.